The molecular formula is C12H18N2O4S2. The highest BCUT2D eigenvalue weighted by molar-refractivity contribution is 7.98. The van der Waals surface area contributed by atoms with Gasteiger partial charge in [0.1, 0.15) is 13.2 Å². The lowest BCUT2D eigenvalue weighted by atomic mass is 10.2. The smallest absolute Gasteiger partial charge is 0.210 e. The van der Waals surface area contributed by atoms with Crippen LogP contribution in [0.4, 0.5) is 0 Å². The van der Waals surface area contributed by atoms with Crippen LogP contribution in [0.1, 0.15) is 5.56 Å². The first-order chi connectivity index (χ1) is 9.49. The van der Waals surface area contributed by atoms with E-state index in [0.29, 0.717) is 26.3 Å². The van der Waals surface area contributed by atoms with Crippen LogP contribution in [0.2, 0.25) is 0 Å². The van der Waals surface area contributed by atoms with Gasteiger partial charge >= 0.3 is 0 Å². The summed E-state index contributed by atoms with van der Waals surface area (Å²) in [6, 6.07) is 3.89. The predicted molar refractivity (Wildman–Crippen MR) is 78.9 cm³/mol. The van der Waals surface area contributed by atoms with Crippen LogP contribution in [0.25, 0.3) is 0 Å². The lowest BCUT2D eigenvalue weighted by Crippen LogP contribution is -2.27. The zero-order valence-corrected chi connectivity index (χ0v) is 12.9. The predicted octanol–water partition coefficient (Wildman–Crippen LogP) is 0.558. The number of benzene rings is 1. The molecule has 1 aliphatic heterocycles. The second-order valence-corrected chi connectivity index (χ2v) is 6.93. The number of ether oxygens (including phenoxy) is 2. The molecule has 0 saturated carbocycles. The van der Waals surface area contributed by atoms with Gasteiger partial charge < -0.3 is 14.8 Å². The number of primary sulfonamides is 1. The molecule has 20 heavy (non-hydrogen) atoms. The SMILES string of the molecule is CSc1cc2c(cc1CNCCS(N)(=O)=O)OCCO2. The van der Waals surface area contributed by atoms with Gasteiger partial charge in [0.15, 0.2) is 11.5 Å². The van der Waals surface area contributed by atoms with Crippen molar-refractivity contribution >= 4 is 21.8 Å². The maximum Gasteiger partial charge on any atom is 0.210 e. The molecule has 3 N–H and O–H groups in total. The topological polar surface area (TPSA) is 90.7 Å². The molecule has 0 aromatic heterocycles. The monoisotopic (exact) mass is 318 g/mol. The van der Waals surface area contributed by atoms with E-state index in [1.165, 1.54) is 0 Å². The quantitative estimate of drug-likeness (QED) is 0.588. The van der Waals surface area contributed by atoms with Crippen LogP contribution in [-0.4, -0.2) is 40.2 Å². The van der Waals surface area contributed by atoms with E-state index < -0.39 is 10.0 Å². The summed E-state index contributed by atoms with van der Waals surface area (Å²) in [6.07, 6.45) is 1.99. The summed E-state index contributed by atoms with van der Waals surface area (Å²) >= 11 is 1.61. The van der Waals surface area contributed by atoms with E-state index in [9.17, 15) is 8.42 Å². The average Bonchev–Trinajstić information content (AvgIpc) is 2.41. The third kappa shape index (κ3) is 4.27. The summed E-state index contributed by atoms with van der Waals surface area (Å²) in [4.78, 5) is 1.08. The van der Waals surface area contributed by atoms with Crippen molar-refractivity contribution in [2.45, 2.75) is 11.4 Å². The highest BCUT2D eigenvalue weighted by atomic mass is 32.2. The van der Waals surface area contributed by atoms with Crippen LogP contribution >= 0.6 is 11.8 Å². The van der Waals surface area contributed by atoms with Gasteiger partial charge in [0.25, 0.3) is 0 Å². The van der Waals surface area contributed by atoms with Gasteiger partial charge in [-0.15, -0.1) is 11.8 Å². The Hall–Kier alpha value is -0.960. The molecule has 0 saturated heterocycles. The summed E-state index contributed by atoms with van der Waals surface area (Å²) in [5.74, 6) is 1.41. The molecule has 0 aliphatic carbocycles. The number of nitrogens with one attached hydrogen (secondary N) is 1. The molecule has 0 bridgehead atoms. The van der Waals surface area contributed by atoms with Gasteiger partial charge in [0.2, 0.25) is 10.0 Å². The molecule has 0 amide bonds. The molecule has 0 atom stereocenters. The van der Waals surface area contributed by atoms with Crippen molar-refractivity contribution in [2.75, 3.05) is 31.8 Å². The number of rotatable bonds is 6. The lowest BCUT2D eigenvalue weighted by Gasteiger charge is -2.20. The molecule has 8 heteroatoms. The Kier molecular flexibility index (Phi) is 5.14. The van der Waals surface area contributed by atoms with Crippen LogP contribution in [0.5, 0.6) is 11.5 Å². The molecule has 1 aromatic rings. The van der Waals surface area contributed by atoms with E-state index in [-0.39, 0.29) is 5.75 Å². The summed E-state index contributed by atoms with van der Waals surface area (Å²) in [5, 5.41) is 8.02. The second-order valence-electron chi connectivity index (χ2n) is 4.35. The van der Waals surface area contributed by atoms with E-state index >= 15 is 0 Å². The van der Waals surface area contributed by atoms with E-state index in [1.54, 1.807) is 11.8 Å². The Labute approximate surface area is 123 Å². The van der Waals surface area contributed by atoms with Crippen molar-refractivity contribution in [1.29, 1.82) is 0 Å². The van der Waals surface area contributed by atoms with Gasteiger partial charge in [0, 0.05) is 18.0 Å². The van der Waals surface area contributed by atoms with E-state index in [0.717, 1.165) is 22.0 Å². The van der Waals surface area contributed by atoms with Crippen molar-refractivity contribution in [2.24, 2.45) is 5.14 Å². The van der Waals surface area contributed by atoms with Crippen LogP contribution in [-0.2, 0) is 16.6 Å². The van der Waals surface area contributed by atoms with E-state index in [1.807, 2.05) is 18.4 Å². The van der Waals surface area contributed by atoms with Crippen molar-refractivity contribution < 1.29 is 17.9 Å². The Morgan fingerprint density at radius 1 is 1.30 bits per heavy atom. The van der Waals surface area contributed by atoms with Crippen LogP contribution in [0.15, 0.2) is 17.0 Å². The minimum absolute atomic E-state index is 0.0772. The maximum atomic E-state index is 10.9. The number of hydrogen-bond acceptors (Lipinski definition) is 6. The molecule has 0 spiro atoms. The summed E-state index contributed by atoms with van der Waals surface area (Å²) in [7, 11) is -3.42. The van der Waals surface area contributed by atoms with Gasteiger partial charge in [-0.25, -0.2) is 13.6 Å². The molecule has 0 fully saturated rings. The normalized spacial score (nSPS) is 14.3. The molecule has 0 unspecified atom stereocenters. The Morgan fingerprint density at radius 2 is 1.95 bits per heavy atom. The maximum absolute atomic E-state index is 10.9. The zero-order valence-electron chi connectivity index (χ0n) is 11.2. The highest BCUT2D eigenvalue weighted by Gasteiger charge is 2.15. The summed E-state index contributed by atoms with van der Waals surface area (Å²) in [6.45, 7) is 1.99. The number of fused-ring (bicyclic) bond motifs is 1. The van der Waals surface area contributed by atoms with E-state index in [4.69, 9.17) is 14.6 Å². The van der Waals surface area contributed by atoms with Crippen molar-refractivity contribution in [3.05, 3.63) is 17.7 Å². The summed E-state index contributed by atoms with van der Waals surface area (Å²) < 4.78 is 32.8. The molecule has 1 aliphatic rings. The minimum atomic E-state index is -3.42. The fourth-order valence-corrected chi connectivity index (χ4v) is 2.92. The molecule has 112 valence electrons. The van der Waals surface area contributed by atoms with Crippen LogP contribution < -0.4 is 19.9 Å². The molecular weight excluding hydrogens is 300 g/mol. The van der Waals surface area contributed by atoms with Crippen LogP contribution in [0, 0.1) is 0 Å². The van der Waals surface area contributed by atoms with Gasteiger partial charge in [0.05, 0.1) is 5.75 Å². The third-order valence-corrected chi connectivity index (χ3v) is 4.42. The number of hydrogen-bond donors (Lipinski definition) is 2. The van der Waals surface area contributed by atoms with Crippen molar-refractivity contribution in [1.82, 2.24) is 5.32 Å². The summed E-state index contributed by atoms with van der Waals surface area (Å²) in [5.41, 5.74) is 1.05. The van der Waals surface area contributed by atoms with Crippen LogP contribution in [0.3, 0.4) is 0 Å². The van der Waals surface area contributed by atoms with Crippen molar-refractivity contribution in [3.8, 4) is 11.5 Å². The number of sulfonamides is 1. The Bertz CT molecular complexity index is 575. The van der Waals surface area contributed by atoms with Gasteiger partial charge in [-0.1, -0.05) is 0 Å². The first-order valence-corrected chi connectivity index (χ1v) is 9.11. The first kappa shape index (κ1) is 15.4. The number of thioether (sulfide) groups is 1. The zero-order chi connectivity index (χ0) is 14.6. The molecule has 2 rings (SSSR count). The highest BCUT2D eigenvalue weighted by Crippen LogP contribution is 2.36. The second kappa shape index (κ2) is 6.66. The van der Waals surface area contributed by atoms with Crippen molar-refractivity contribution in [3.63, 3.8) is 0 Å². The molecule has 6 nitrogen and oxygen atoms in total. The van der Waals surface area contributed by atoms with E-state index in [2.05, 4.69) is 5.32 Å². The van der Waals surface area contributed by atoms with Gasteiger partial charge in [-0.3, -0.25) is 0 Å². The third-order valence-electron chi connectivity index (χ3n) is 2.82. The lowest BCUT2D eigenvalue weighted by molar-refractivity contribution is 0.171. The van der Waals surface area contributed by atoms with Gasteiger partial charge in [-0.2, -0.15) is 0 Å². The van der Waals surface area contributed by atoms with Gasteiger partial charge in [-0.05, 0) is 24.0 Å². The molecule has 1 aromatic carbocycles. The Morgan fingerprint density at radius 3 is 2.55 bits per heavy atom. The standard InChI is InChI=1S/C12H18N2O4S2/c1-19-12-7-11-10(17-3-4-18-11)6-9(12)8-14-2-5-20(13,15)16/h6-7,14H,2-5,8H2,1H3,(H2,13,15,16). The molecule has 0 radical (unpaired) electrons. The fraction of sp³-hybridized carbons (Fsp3) is 0.500. The largest absolute Gasteiger partial charge is 0.486 e. The first-order valence-electron chi connectivity index (χ1n) is 6.17. The molecule has 1 heterocycles. The fourth-order valence-electron chi connectivity index (χ4n) is 1.88. The Balaban J connectivity index is 2.03. The average molecular weight is 318 g/mol. The minimum Gasteiger partial charge on any atom is -0.486 e. The number of nitrogens with two attached hydrogens (primary N) is 1.